The van der Waals surface area contributed by atoms with Crippen LogP contribution in [0.15, 0.2) is 18.3 Å². The van der Waals surface area contributed by atoms with Gasteiger partial charge in [-0.3, -0.25) is 4.98 Å². The summed E-state index contributed by atoms with van der Waals surface area (Å²) in [5.41, 5.74) is 1.44. The molecule has 1 aliphatic rings. The summed E-state index contributed by atoms with van der Waals surface area (Å²) in [4.78, 5) is 18.2. The molecule has 0 unspecified atom stereocenters. The van der Waals surface area contributed by atoms with Crippen molar-refractivity contribution in [3.05, 3.63) is 29.6 Å². The summed E-state index contributed by atoms with van der Waals surface area (Å²) in [5, 5.41) is 9.19. The molecule has 0 saturated carbocycles. The number of aromatic nitrogens is 1. The second-order valence-electron chi connectivity index (χ2n) is 6.49. The van der Waals surface area contributed by atoms with Crippen molar-refractivity contribution in [2.24, 2.45) is 0 Å². The van der Waals surface area contributed by atoms with Crippen molar-refractivity contribution in [3.63, 3.8) is 0 Å². The number of hydrogen-bond donors (Lipinski definition) is 1. The van der Waals surface area contributed by atoms with Gasteiger partial charge >= 0.3 is 6.09 Å². The Balaban J connectivity index is 1.92. The van der Waals surface area contributed by atoms with Crippen molar-refractivity contribution in [1.82, 2.24) is 9.88 Å². The second-order valence-corrected chi connectivity index (χ2v) is 6.49. The average molecular weight is 292 g/mol. The number of amides is 1. The molecule has 0 aliphatic carbocycles. The van der Waals surface area contributed by atoms with Gasteiger partial charge in [-0.1, -0.05) is 0 Å². The van der Waals surface area contributed by atoms with Crippen LogP contribution in [0.3, 0.4) is 0 Å². The van der Waals surface area contributed by atoms with Gasteiger partial charge in [-0.25, -0.2) is 4.79 Å². The quantitative estimate of drug-likeness (QED) is 0.910. The molecule has 1 amide bonds. The molecule has 116 valence electrons. The SMILES string of the molecule is CC(C)(C)OC(=O)N1CCC(c2cc(CO)ccn2)CC1. The lowest BCUT2D eigenvalue weighted by Gasteiger charge is -2.33. The zero-order valence-corrected chi connectivity index (χ0v) is 13.0. The van der Waals surface area contributed by atoms with Crippen molar-refractivity contribution in [2.45, 2.75) is 51.7 Å². The van der Waals surface area contributed by atoms with Gasteiger partial charge in [0.25, 0.3) is 0 Å². The number of nitrogens with zero attached hydrogens (tertiary/aromatic N) is 2. The molecule has 5 heteroatoms. The maximum Gasteiger partial charge on any atom is 0.410 e. The van der Waals surface area contributed by atoms with E-state index in [9.17, 15) is 9.90 Å². The normalized spacial score (nSPS) is 16.9. The molecule has 0 atom stereocenters. The van der Waals surface area contributed by atoms with Crippen molar-refractivity contribution < 1.29 is 14.6 Å². The fraction of sp³-hybridized carbons (Fsp3) is 0.625. The number of aliphatic hydroxyl groups is 1. The summed E-state index contributed by atoms with van der Waals surface area (Å²) in [6.07, 6.45) is 3.25. The molecule has 0 bridgehead atoms. The molecule has 0 aromatic carbocycles. The Kier molecular flexibility index (Phi) is 4.83. The van der Waals surface area contributed by atoms with E-state index in [1.54, 1.807) is 11.1 Å². The molecule has 1 fully saturated rings. The predicted octanol–water partition coefficient (Wildman–Crippen LogP) is 2.69. The summed E-state index contributed by atoms with van der Waals surface area (Å²) in [6, 6.07) is 3.77. The summed E-state index contributed by atoms with van der Waals surface area (Å²) in [6.45, 7) is 7.04. The summed E-state index contributed by atoms with van der Waals surface area (Å²) in [5.74, 6) is 0.343. The van der Waals surface area contributed by atoms with Crippen molar-refractivity contribution in [3.8, 4) is 0 Å². The summed E-state index contributed by atoms with van der Waals surface area (Å²) in [7, 11) is 0. The third-order valence-electron chi connectivity index (χ3n) is 3.59. The molecule has 0 radical (unpaired) electrons. The lowest BCUT2D eigenvalue weighted by Crippen LogP contribution is -2.41. The minimum Gasteiger partial charge on any atom is -0.444 e. The minimum atomic E-state index is -0.453. The van der Waals surface area contributed by atoms with Gasteiger partial charge in [-0.2, -0.15) is 0 Å². The zero-order chi connectivity index (χ0) is 15.5. The van der Waals surface area contributed by atoms with Crippen LogP contribution in [-0.2, 0) is 11.3 Å². The van der Waals surface area contributed by atoms with Crippen molar-refractivity contribution in [2.75, 3.05) is 13.1 Å². The highest BCUT2D eigenvalue weighted by Crippen LogP contribution is 2.27. The number of aliphatic hydroxyl groups excluding tert-OH is 1. The van der Waals surface area contributed by atoms with E-state index in [4.69, 9.17) is 4.74 Å². The summed E-state index contributed by atoms with van der Waals surface area (Å²) < 4.78 is 5.39. The third kappa shape index (κ3) is 4.43. The smallest absolute Gasteiger partial charge is 0.410 e. The molecule has 1 aromatic heterocycles. The van der Waals surface area contributed by atoms with Gasteiger partial charge in [-0.05, 0) is 51.3 Å². The zero-order valence-electron chi connectivity index (χ0n) is 13.0. The van der Waals surface area contributed by atoms with Crippen LogP contribution in [0.4, 0.5) is 4.79 Å². The minimum absolute atomic E-state index is 0.0340. The largest absolute Gasteiger partial charge is 0.444 e. The van der Waals surface area contributed by atoms with Crippen LogP contribution in [-0.4, -0.2) is 39.8 Å². The predicted molar refractivity (Wildman–Crippen MR) is 79.9 cm³/mol. The first-order valence-electron chi connectivity index (χ1n) is 7.42. The highest BCUT2D eigenvalue weighted by molar-refractivity contribution is 5.68. The molecule has 1 saturated heterocycles. The highest BCUT2D eigenvalue weighted by atomic mass is 16.6. The molecule has 1 N–H and O–H groups in total. The van der Waals surface area contributed by atoms with Crippen LogP contribution < -0.4 is 0 Å². The molecule has 2 rings (SSSR count). The first-order valence-corrected chi connectivity index (χ1v) is 7.42. The third-order valence-corrected chi connectivity index (χ3v) is 3.59. The molecule has 1 aromatic rings. The highest BCUT2D eigenvalue weighted by Gasteiger charge is 2.27. The van der Waals surface area contributed by atoms with E-state index >= 15 is 0 Å². The number of piperidine rings is 1. The Morgan fingerprint density at radius 2 is 2.10 bits per heavy atom. The lowest BCUT2D eigenvalue weighted by molar-refractivity contribution is 0.0204. The first kappa shape index (κ1) is 15.8. The van der Waals surface area contributed by atoms with Crippen LogP contribution >= 0.6 is 0 Å². The maximum absolute atomic E-state index is 12.0. The van der Waals surface area contributed by atoms with Crippen LogP contribution in [0.25, 0.3) is 0 Å². The van der Waals surface area contributed by atoms with Gasteiger partial charge in [0.05, 0.1) is 6.61 Å². The van der Waals surface area contributed by atoms with Gasteiger partial charge in [0.1, 0.15) is 5.60 Å². The molecule has 21 heavy (non-hydrogen) atoms. The fourth-order valence-electron chi connectivity index (χ4n) is 2.50. The van der Waals surface area contributed by atoms with Crippen molar-refractivity contribution in [1.29, 1.82) is 0 Å². The van der Waals surface area contributed by atoms with Crippen LogP contribution in [0, 0.1) is 0 Å². The van der Waals surface area contributed by atoms with Crippen LogP contribution in [0.2, 0.25) is 0 Å². The number of ether oxygens (including phenoxy) is 1. The van der Waals surface area contributed by atoms with Gasteiger partial charge in [0, 0.05) is 30.9 Å². The first-order chi connectivity index (χ1) is 9.89. The van der Waals surface area contributed by atoms with E-state index < -0.39 is 5.60 Å². The monoisotopic (exact) mass is 292 g/mol. The summed E-state index contributed by atoms with van der Waals surface area (Å²) >= 11 is 0. The number of likely N-dealkylation sites (tertiary alicyclic amines) is 1. The Morgan fingerprint density at radius 3 is 2.67 bits per heavy atom. The Bertz CT molecular complexity index is 489. The van der Waals surface area contributed by atoms with E-state index in [0.717, 1.165) is 24.1 Å². The Labute approximate surface area is 125 Å². The van der Waals surface area contributed by atoms with E-state index in [-0.39, 0.29) is 12.7 Å². The van der Waals surface area contributed by atoms with E-state index in [1.807, 2.05) is 32.9 Å². The van der Waals surface area contributed by atoms with Crippen molar-refractivity contribution >= 4 is 6.09 Å². The molecular weight excluding hydrogens is 268 g/mol. The van der Waals surface area contributed by atoms with Crippen LogP contribution in [0.5, 0.6) is 0 Å². The Hall–Kier alpha value is -1.62. The topological polar surface area (TPSA) is 62.7 Å². The van der Waals surface area contributed by atoms with Gasteiger partial charge in [-0.15, -0.1) is 0 Å². The van der Waals surface area contributed by atoms with Gasteiger partial charge < -0.3 is 14.7 Å². The number of carbonyl (C=O) groups excluding carboxylic acids is 1. The number of rotatable bonds is 2. The number of hydrogen-bond acceptors (Lipinski definition) is 4. The van der Waals surface area contributed by atoms with Crippen LogP contribution in [0.1, 0.15) is 50.8 Å². The molecular formula is C16H24N2O3. The molecule has 1 aliphatic heterocycles. The molecule has 5 nitrogen and oxygen atoms in total. The standard InChI is InChI=1S/C16H24N2O3/c1-16(2,3)21-15(20)18-8-5-13(6-9-18)14-10-12(11-19)4-7-17-14/h4,7,10,13,19H,5-6,8-9,11H2,1-3H3. The Morgan fingerprint density at radius 1 is 1.43 bits per heavy atom. The van der Waals surface area contributed by atoms with Gasteiger partial charge in [0.15, 0.2) is 0 Å². The maximum atomic E-state index is 12.0. The molecule has 2 heterocycles. The second kappa shape index (κ2) is 6.43. The fourth-order valence-corrected chi connectivity index (χ4v) is 2.50. The van der Waals surface area contributed by atoms with E-state index in [0.29, 0.717) is 19.0 Å². The average Bonchev–Trinajstić information content (AvgIpc) is 2.46. The lowest BCUT2D eigenvalue weighted by atomic mass is 9.92. The molecule has 0 spiro atoms. The van der Waals surface area contributed by atoms with Gasteiger partial charge in [0.2, 0.25) is 0 Å². The van der Waals surface area contributed by atoms with E-state index in [2.05, 4.69) is 4.98 Å². The number of carbonyl (C=O) groups is 1. The number of pyridine rings is 1. The van der Waals surface area contributed by atoms with E-state index in [1.165, 1.54) is 0 Å².